The minimum atomic E-state index is 0.958. The van der Waals surface area contributed by atoms with E-state index in [0.29, 0.717) is 0 Å². The van der Waals surface area contributed by atoms with Gasteiger partial charge in [-0.3, -0.25) is 0 Å². The lowest BCUT2D eigenvalue weighted by atomic mass is 10.2. The van der Waals surface area contributed by atoms with Crippen LogP contribution in [0.15, 0.2) is 59.4 Å². The van der Waals surface area contributed by atoms with E-state index in [2.05, 4.69) is 11.8 Å². The first-order valence-electron chi connectivity index (χ1n) is 4.38. The maximum absolute atomic E-state index is 4.90. The van der Waals surface area contributed by atoms with Crippen LogP contribution in [0.25, 0.3) is 0 Å². The van der Waals surface area contributed by atoms with E-state index in [1.165, 1.54) is 0 Å². The van der Waals surface area contributed by atoms with Crippen LogP contribution in [0.2, 0.25) is 0 Å². The Morgan fingerprint density at radius 2 is 1.29 bits per heavy atom. The average molecular weight is 181 g/mol. The molecule has 0 unspecified atom stereocenters. The minimum Gasteiger partial charge on any atom is -0.224 e. The highest BCUT2D eigenvalue weighted by molar-refractivity contribution is 5.41. The smallest absolute Gasteiger partial charge is 0.224 e. The molecule has 1 aromatic heterocycles. The van der Waals surface area contributed by atoms with Gasteiger partial charge in [-0.05, 0) is 12.1 Å². The third-order valence-corrected chi connectivity index (χ3v) is 1.78. The van der Waals surface area contributed by atoms with Crippen LogP contribution < -0.4 is 0 Å². The zero-order valence-corrected chi connectivity index (χ0v) is 7.60. The summed E-state index contributed by atoms with van der Waals surface area (Å²) in [7, 11) is 0. The fourth-order valence-electron chi connectivity index (χ4n) is 1.08. The van der Waals surface area contributed by atoms with Gasteiger partial charge in [-0.2, -0.15) is 0 Å². The van der Waals surface area contributed by atoms with Gasteiger partial charge in [-0.1, -0.05) is 30.0 Å². The molecule has 0 fully saturated rings. The van der Waals surface area contributed by atoms with Crippen molar-refractivity contribution in [2.45, 2.75) is 0 Å². The summed E-state index contributed by atoms with van der Waals surface area (Å²) in [5.74, 6) is 6.12. The summed E-state index contributed by atoms with van der Waals surface area (Å²) in [6.07, 6.45) is 3.24. The highest BCUT2D eigenvalue weighted by atomic mass is 16.3. The van der Waals surface area contributed by atoms with Crippen LogP contribution in [0, 0.1) is 11.8 Å². The molecule has 0 aliphatic rings. The van der Waals surface area contributed by atoms with E-state index in [1.807, 2.05) is 42.5 Å². The molecule has 2 rings (SSSR count). The molecule has 66 valence electrons. The van der Waals surface area contributed by atoms with Gasteiger partial charge in [0.25, 0.3) is 0 Å². The third-order valence-electron chi connectivity index (χ3n) is 1.78. The first-order chi connectivity index (χ1) is 6.95. The largest absolute Gasteiger partial charge is 0.319 e. The van der Waals surface area contributed by atoms with Crippen molar-refractivity contribution in [2.24, 2.45) is 0 Å². The van der Waals surface area contributed by atoms with Crippen LogP contribution in [0.4, 0.5) is 0 Å². The van der Waals surface area contributed by atoms with Crippen molar-refractivity contribution < 1.29 is 4.42 Å². The molecule has 0 saturated carbocycles. The molecule has 0 aliphatic heterocycles. The fraction of sp³-hybridized carbons (Fsp3) is 0. The summed E-state index contributed by atoms with van der Waals surface area (Å²) < 4.78 is 4.90. The molecule has 1 heterocycles. The van der Waals surface area contributed by atoms with Gasteiger partial charge in [-0.15, -0.1) is 0 Å². The molecule has 0 N–H and O–H groups in total. The van der Waals surface area contributed by atoms with Crippen LogP contribution in [-0.2, 0) is 0 Å². The number of hydrogen-bond donors (Lipinski definition) is 0. The first kappa shape index (κ1) is 8.52. The molecule has 0 atom stereocenters. The highest BCUT2D eigenvalue weighted by Crippen LogP contribution is 1.98. The van der Waals surface area contributed by atoms with Gasteiger partial charge in [0.2, 0.25) is 0 Å². The molecule has 1 heteroatoms. The lowest BCUT2D eigenvalue weighted by Gasteiger charge is -1.85. The minimum absolute atomic E-state index is 0.958. The van der Waals surface area contributed by atoms with Crippen molar-refractivity contribution in [1.29, 1.82) is 0 Å². The van der Waals surface area contributed by atoms with E-state index in [9.17, 15) is 0 Å². The number of benzene rings is 1. The molecule has 0 amide bonds. The Labute approximate surface area is 83.0 Å². The second-order valence-corrected chi connectivity index (χ2v) is 2.81. The molecule has 1 nitrogen and oxygen atoms in total. The Morgan fingerprint density at radius 3 is 1.93 bits per heavy atom. The normalized spacial score (nSPS) is 8.86. The van der Waals surface area contributed by atoms with E-state index >= 15 is 0 Å². The third kappa shape index (κ3) is 2.21. The van der Waals surface area contributed by atoms with Crippen LogP contribution in [0.1, 0.15) is 11.1 Å². The average Bonchev–Trinajstić information content (AvgIpc) is 2.29. The van der Waals surface area contributed by atoms with E-state index < -0.39 is 0 Å². The molecular weight excluding hydrogens is 172 g/mol. The molecule has 0 saturated heterocycles. The maximum Gasteiger partial charge on any atom is 0.319 e. The summed E-state index contributed by atoms with van der Waals surface area (Å²) in [4.78, 5) is 0. The summed E-state index contributed by atoms with van der Waals surface area (Å²) >= 11 is 0. The monoisotopic (exact) mass is 181 g/mol. The van der Waals surface area contributed by atoms with Gasteiger partial charge < -0.3 is 0 Å². The Balaban J connectivity index is 2.24. The zero-order chi connectivity index (χ0) is 9.64. The van der Waals surface area contributed by atoms with Crippen LogP contribution >= 0.6 is 0 Å². The van der Waals surface area contributed by atoms with Crippen molar-refractivity contribution in [3.63, 3.8) is 0 Å². The van der Waals surface area contributed by atoms with Crippen molar-refractivity contribution in [3.8, 4) is 11.8 Å². The molecule has 0 spiro atoms. The molecule has 2 aromatic rings. The van der Waals surface area contributed by atoms with E-state index in [1.54, 1.807) is 12.5 Å². The van der Waals surface area contributed by atoms with Crippen molar-refractivity contribution in [1.82, 2.24) is 0 Å². The van der Waals surface area contributed by atoms with Gasteiger partial charge in [0.1, 0.15) is 0 Å². The Morgan fingerprint density at radius 1 is 0.714 bits per heavy atom. The second kappa shape index (κ2) is 4.25. The SMILES string of the molecule is C(#Cc1cc[o+]cc1)c1ccccc1. The number of rotatable bonds is 0. The Kier molecular flexibility index (Phi) is 2.59. The quantitative estimate of drug-likeness (QED) is 0.449. The predicted molar refractivity (Wildman–Crippen MR) is 55.5 cm³/mol. The summed E-state index contributed by atoms with van der Waals surface area (Å²) in [6, 6.07) is 13.6. The van der Waals surface area contributed by atoms with Crippen molar-refractivity contribution in [3.05, 3.63) is 66.1 Å². The molecular formula is C13H9O+. The summed E-state index contributed by atoms with van der Waals surface area (Å²) in [6.45, 7) is 0. The van der Waals surface area contributed by atoms with Crippen LogP contribution in [0.5, 0.6) is 0 Å². The Hall–Kier alpha value is -2.07. The molecule has 1 aromatic carbocycles. The molecule has 0 bridgehead atoms. The van der Waals surface area contributed by atoms with Gasteiger partial charge in [0.15, 0.2) is 0 Å². The molecule has 14 heavy (non-hydrogen) atoms. The first-order valence-corrected chi connectivity index (χ1v) is 4.38. The zero-order valence-electron chi connectivity index (χ0n) is 7.60. The van der Waals surface area contributed by atoms with Gasteiger partial charge in [0, 0.05) is 11.1 Å². The predicted octanol–water partition coefficient (Wildman–Crippen LogP) is 2.96. The highest BCUT2D eigenvalue weighted by Gasteiger charge is 1.89. The molecule has 0 radical (unpaired) electrons. The lowest BCUT2D eigenvalue weighted by Crippen LogP contribution is -1.73. The van der Waals surface area contributed by atoms with Gasteiger partial charge in [0.05, 0.1) is 12.1 Å². The van der Waals surface area contributed by atoms with E-state index in [0.717, 1.165) is 11.1 Å². The van der Waals surface area contributed by atoms with Gasteiger partial charge >= 0.3 is 12.5 Å². The van der Waals surface area contributed by atoms with E-state index in [4.69, 9.17) is 4.42 Å². The van der Waals surface area contributed by atoms with Crippen LogP contribution in [-0.4, -0.2) is 0 Å². The van der Waals surface area contributed by atoms with Gasteiger partial charge in [-0.25, -0.2) is 4.42 Å². The summed E-state index contributed by atoms with van der Waals surface area (Å²) in [5.41, 5.74) is 1.98. The van der Waals surface area contributed by atoms with Crippen molar-refractivity contribution >= 4 is 0 Å². The Bertz CT molecular complexity index is 405. The summed E-state index contributed by atoms with van der Waals surface area (Å²) in [5, 5.41) is 0. The van der Waals surface area contributed by atoms with Crippen molar-refractivity contribution in [2.75, 3.05) is 0 Å². The lowest BCUT2D eigenvalue weighted by molar-refractivity contribution is 0.549. The fourth-order valence-corrected chi connectivity index (χ4v) is 1.08. The number of hydrogen-bond acceptors (Lipinski definition) is 0. The molecule has 0 aliphatic carbocycles. The maximum atomic E-state index is 4.90. The van der Waals surface area contributed by atoms with Crippen LogP contribution in [0.3, 0.4) is 0 Å². The topological polar surface area (TPSA) is 11.3 Å². The standard InChI is InChI=1S/C13H9O/c1-2-4-12(5-3-1)6-7-13-8-10-14-11-9-13/h1-5,8-11H/q+1. The van der Waals surface area contributed by atoms with E-state index in [-0.39, 0.29) is 0 Å². The second-order valence-electron chi connectivity index (χ2n) is 2.81.